The number of hydrogen-bond acceptors (Lipinski definition) is 3. The quantitative estimate of drug-likeness (QED) is 0.675. The topological polar surface area (TPSA) is 66.6 Å². The highest BCUT2D eigenvalue weighted by Crippen LogP contribution is 2.43. The van der Waals surface area contributed by atoms with Crippen molar-refractivity contribution in [3.8, 4) is 0 Å². The lowest BCUT2D eigenvalue weighted by Gasteiger charge is -2.41. The smallest absolute Gasteiger partial charge is 0.223 e. The van der Waals surface area contributed by atoms with Gasteiger partial charge in [0, 0.05) is 19.5 Å². The van der Waals surface area contributed by atoms with Gasteiger partial charge in [-0.25, -0.2) is 0 Å². The third-order valence-electron chi connectivity index (χ3n) is 3.59. The summed E-state index contributed by atoms with van der Waals surface area (Å²) in [5.41, 5.74) is 5.81. The van der Waals surface area contributed by atoms with Crippen LogP contribution in [0.3, 0.4) is 0 Å². The molecule has 3 N–H and O–H groups in total. The summed E-state index contributed by atoms with van der Waals surface area (Å²) in [7, 11) is 0. The van der Waals surface area contributed by atoms with E-state index in [2.05, 4.69) is 0 Å². The second kappa shape index (κ2) is 6.21. The monoisotopic (exact) mass is 228 g/mol. The van der Waals surface area contributed by atoms with Crippen molar-refractivity contribution in [2.45, 2.75) is 39.0 Å². The van der Waals surface area contributed by atoms with Crippen LogP contribution in [0.15, 0.2) is 0 Å². The predicted octanol–water partition coefficient (Wildman–Crippen LogP) is 0.736. The number of nitrogens with zero attached hydrogens (tertiary/aromatic N) is 1. The highest BCUT2D eigenvalue weighted by atomic mass is 16.3. The van der Waals surface area contributed by atoms with Crippen molar-refractivity contribution in [3.63, 3.8) is 0 Å². The van der Waals surface area contributed by atoms with Crippen molar-refractivity contribution in [2.24, 2.45) is 11.1 Å². The standard InChI is InChI=1S/C12H24N2O2/c1-2-6-14(7-8-15)11(16)9-12(10-13)4-3-5-12/h15H,2-10,13H2,1H3. The van der Waals surface area contributed by atoms with Gasteiger partial charge in [0.15, 0.2) is 0 Å². The molecule has 0 radical (unpaired) electrons. The molecule has 0 saturated heterocycles. The lowest BCUT2D eigenvalue weighted by Crippen LogP contribution is -2.44. The Hall–Kier alpha value is -0.610. The highest BCUT2D eigenvalue weighted by molar-refractivity contribution is 5.77. The van der Waals surface area contributed by atoms with E-state index >= 15 is 0 Å². The van der Waals surface area contributed by atoms with Crippen LogP contribution in [-0.4, -0.2) is 42.2 Å². The Morgan fingerprint density at radius 1 is 1.44 bits per heavy atom. The summed E-state index contributed by atoms with van der Waals surface area (Å²) < 4.78 is 0. The average molecular weight is 228 g/mol. The summed E-state index contributed by atoms with van der Waals surface area (Å²) in [5.74, 6) is 0.154. The fourth-order valence-electron chi connectivity index (χ4n) is 2.31. The van der Waals surface area contributed by atoms with Crippen LogP contribution in [0.4, 0.5) is 0 Å². The van der Waals surface area contributed by atoms with Gasteiger partial charge in [-0.15, -0.1) is 0 Å². The summed E-state index contributed by atoms with van der Waals surface area (Å²) in [6.45, 7) is 3.88. The third kappa shape index (κ3) is 3.19. The van der Waals surface area contributed by atoms with E-state index in [4.69, 9.17) is 10.8 Å². The number of amides is 1. The van der Waals surface area contributed by atoms with Crippen molar-refractivity contribution >= 4 is 5.91 Å². The van der Waals surface area contributed by atoms with Crippen molar-refractivity contribution in [2.75, 3.05) is 26.2 Å². The molecule has 16 heavy (non-hydrogen) atoms. The van der Waals surface area contributed by atoms with Gasteiger partial charge < -0.3 is 15.7 Å². The van der Waals surface area contributed by atoms with Gasteiger partial charge in [-0.1, -0.05) is 13.3 Å². The number of aliphatic hydroxyl groups is 1. The number of carbonyl (C=O) groups is 1. The molecule has 0 aromatic heterocycles. The van der Waals surface area contributed by atoms with Crippen LogP contribution in [-0.2, 0) is 4.79 Å². The molecule has 0 aliphatic heterocycles. The Morgan fingerprint density at radius 3 is 2.50 bits per heavy atom. The Morgan fingerprint density at radius 2 is 2.12 bits per heavy atom. The van der Waals surface area contributed by atoms with Gasteiger partial charge in [0.2, 0.25) is 5.91 Å². The van der Waals surface area contributed by atoms with Gasteiger partial charge in [0.05, 0.1) is 6.61 Å². The first-order chi connectivity index (χ1) is 7.67. The van der Waals surface area contributed by atoms with E-state index in [1.165, 1.54) is 6.42 Å². The maximum absolute atomic E-state index is 12.0. The van der Waals surface area contributed by atoms with Crippen LogP contribution in [0.2, 0.25) is 0 Å². The maximum Gasteiger partial charge on any atom is 0.223 e. The summed E-state index contributed by atoms with van der Waals surface area (Å²) in [6, 6.07) is 0. The van der Waals surface area contributed by atoms with Crippen molar-refractivity contribution in [1.29, 1.82) is 0 Å². The van der Waals surface area contributed by atoms with E-state index < -0.39 is 0 Å². The summed E-state index contributed by atoms with van der Waals surface area (Å²) in [6.07, 6.45) is 4.84. The van der Waals surface area contributed by atoms with Gasteiger partial charge in [-0.2, -0.15) is 0 Å². The molecule has 94 valence electrons. The molecule has 0 spiro atoms. The Balaban J connectivity index is 2.47. The van der Waals surface area contributed by atoms with E-state index in [9.17, 15) is 4.79 Å². The van der Waals surface area contributed by atoms with Gasteiger partial charge in [-0.05, 0) is 31.2 Å². The van der Waals surface area contributed by atoms with Gasteiger partial charge in [0.25, 0.3) is 0 Å². The van der Waals surface area contributed by atoms with Crippen molar-refractivity contribution in [1.82, 2.24) is 4.90 Å². The largest absolute Gasteiger partial charge is 0.395 e. The van der Waals surface area contributed by atoms with Gasteiger partial charge in [-0.3, -0.25) is 4.79 Å². The molecule has 4 heteroatoms. The average Bonchev–Trinajstić information content (AvgIpc) is 2.23. The molecular weight excluding hydrogens is 204 g/mol. The number of rotatable bonds is 7. The van der Waals surface area contributed by atoms with E-state index in [0.717, 1.165) is 25.8 Å². The van der Waals surface area contributed by atoms with Crippen molar-refractivity contribution in [3.05, 3.63) is 0 Å². The molecule has 0 aromatic carbocycles. The number of hydrogen-bond donors (Lipinski definition) is 2. The Kier molecular flexibility index (Phi) is 5.22. The van der Waals surface area contributed by atoms with Crippen LogP contribution >= 0.6 is 0 Å². The minimum atomic E-state index is 0.0430. The predicted molar refractivity (Wildman–Crippen MR) is 63.9 cm³/mol. The first kappa shape index (κ1) is 13.5. The molecule has 0 heterocycles. The molecular formula is C12H24N2O2. The normalized spacial score (nSPS) is 17.9. The third-order valence-corrected chi connectivity index (χ3v) is 3.59. The summed E-state index contributed by atoms with van der Waals surface area (Å²) in [5, 5.41) is 8.92. The molecule has 0 atom stereocenters. The molecule has 0 aromatic rings. The van der Waals surface area contributed by atoms with E-state index in [-0.39, 0.29) is 17.9 Å². The van der Waals surface area contributed by atoms with Crippen LogP contribution in [0.25, 0.3) is 0 Å². The number of carbonyl (C=O) groups excluding carboxylic acids is 1. The molecule has 1 amide bonds. The lowest BCUT2D eigenvalue weighted by atomic mass is 9.66. The van der Waals surface area contributed by atoms with E-state index in [1.54, 1.807) is 4.90 Å². The lowest BCUT2D eigenvalue weighted by molar-refractivity contribution is -0.135. The molecule has 1 fully saturated rings. The van der Waals surface area contributed by atoms with E-state index in [0.29, 0.717) is 19.5 Å². The molecule has 1 aliphatic carbocycles. The molecule has 0 unspecified atom stereocenters. The van der Waals surface area contributed by atoms with Gasteiger partial charge in [0.1, 0.15) is 0 Å². The first-order valence-corrected chi connectivity index (χ1v) is 6.26. The van der Waals surface area contributed by atoms with Crippen LogP contribution in [0.1, 0.15) is 39.0 Å². The first-order valence-electron chi connectivity index (χ1n) is 6.26. The number of nitrogens with two attached hydrogens (primary N) is 1. The molecule has 4 nitrogen and oxygen atoms in total. The second-order valence-electron chi connectivity index (χ2n) is 4.84. The maximum atomic E-state index is 12.0. The fourth-order valence-corrected chi connectivity index (χ4v) is 2.31. The van der Waals surface area contributed by atoms with Crippen LogP contribution < -0.4 is 5.73 Å². The van der Waals surface area contributed by atoms with Crippen molar-refractivity contribution < 1.29 is 9.90 Å². The summed E-state index contributed by atoms with van der Waals surface area (Å²) in [4.78, 5) is 13.8. The van der Waals surface area contributed by atoms with Crippen LogP contribution in [0.5, 0.6) is 0 Å². The van der Waals surface area contributed by atoms with E-state index in [1.807, 2.05) is 6.92 Å². The zero-order valence-electron chi connectivity index (χ0n) is 10.2. The van der Waals surface area contributed by atoms with Crippen LogP contribution in [0, 0.1) is 5.41 Å². The molecule has 1 saturated carbocycles. The SMILES string of the molecule is CCCN(CCO)C(=O)CC1(CN)CCC1. The minimum Gasteiger partial charge on any atom is -0.395 e. The molecule has 1 rings (SSSR count). The zero-order chi connectivity index (χ0) is 12.0. The summed E-state index contributed by atoms with van der Waals surface area (Å²) >= 11 is 0. The molecule has 1 aliphatic rings. The minimum absolute atomic E-state index is 0.0430. The van der Waals surface area contributed by atoms with Gasteiger partial charge >= 0.3 is 0 Å². The zero-order valence-corrected chi connectivity index (χ0v) is 10.2. The number of aliphatic hydroxyl groups excluding tert-OH is 1. The second-order valence-corrected chi connectivity index (χ2v) is 4.84. The fraction of sp³-hybridized carbons (Fsp3) is 0.917. The highest BCUT2D eigenvalue weighted by Gasteiger charge is 2.38. The Labute approximate surface area is 97.8 Å². The Bertz CT molecular complexity index is 216. The molecule has 0 bridgehead atoms.